The molecule has 0 aliphatic carbocycles. The lowest BCUT2D eigenvalue weighted by Gasteiger charge is -2.19. The number of carbonyl (C=O) groups excluding carboxylic acids is 1. The first-order valence-corrected chi connectivity index (χ1v) is 6.20. The molecule has 1 N–H and O–H groups in total. The van der Waals surface area contributed by atoms with Gasteiger partial charge in [0, 0.05) is 11.6 Å². The minimum atomic E-state index is -0.983. The fraction of sp³-hybridized carbons (Fsp3) is 0.385. The van der Waals surface area contributed by atoms with Crippen molar-refractivity contribution in [3.63, 3.8) is 0 Å². The number of cyclic esters (lactones) is 1. The third-order valence-electron chi connectivity index (χ3n) is 2.93. The van der Waals surface area contributed by atoms with Crippen LogP contribution in [0.15, 0.2) is 24.3 Å². The van der Waals surface area contributed by atoms with Crippen molar-refractivity contribution >= 4 is 23.7 Å². The molecule has 0 bridgehead atoms. The van der Waals surface area contributed by atoms with E-state index in [4.69, 9.17) is 21.4 Å². The van der Waals surface area contributed by atoms with Gasteiger partial charge in [-0.15, -0.1) is 0 Å². The third kappa shape index (κ3) is 3.38. The highest BCUT2D eigenvalue weighted by atomic mass is 35.5. The number of halogens is 1. The van der Waals surface area contributed by atoms with Gasteiger partial charge in [-0.1, -0.05) is 23.7 Å². The van der Waals surface area contributed by atoms with Crippen LogP contribution in [0, 0.1) is 0 Å². The summed E-state index contributed by atoms with van der Waals surface area (Å²) in [5.74, 6) is -0.983. The van der Waals surface area contributed by atoms with Crippen LogP contribution < -0.4 is 0 Å². The second-order valence-electron chi connectivity index (χ2n) is 4.87. The second-order valence-corrected chi connectivity index (χ2v) is 5.31. The molecule has 102 valence electrons. The zero-order chi connectivity index (χ0) is 14.0. The second kappa shape index (κ2) is 5.09. The molecule has 0 spiro atoms. The largest absolute Gasteiger partial charge is 0.481 e. The number of aliphatic carboxylic acids is 1. The monoisotopic (exact) mass is 283 g/mol. The molecule has 2 rings (SSSR count). The van der Waals surface area contributed by atoms with Gasteiger partial charge in [-0.25, -0.2) is 4.79 Å². The maximum atomic E-state index is 11.7. The number of carbonyl (C=O) groups is 2. The van der Waals surface area contributed by atoms with Crippen LogP contribution in [0.3, 0.4) is 0 Å². The highest BCUT2D eigenvalue weighted by Crippen LogP contribution is 2.27. The molecule has 1 aliphatic heterocycles. The van der Waals surface area contributed by atoms with Crippen molar-refractivity contribution in [2.24, 2.45) is 0 Å². The topological polar surface area (TPSA) is 66.8 Å². The molecule has 1 unspecified atom stereocenters. The zero-order valence-corrected chi connectivity index (χ0v) is 11.2. The molecular formula is C13H14ClNO4. The summed E-state index contributed by atoms with van der Waals surface area (Å²) in [7, 11) is 0. The predicted molar refractivity (Wildman–Crippen MR) is 69.0 cm³/mol. The van der Waals surface area contributed by atoms with Gasteiger partial charge in [0.1, 0.15) is 5.60 Å². The fourth-order valence-electron chi connectivity index (χ4n) is 2.12. The summed E-state index contributed by atoms with van der Waals surface area (Å²) in [4.78, 5) is 24.0. The Morgan fingerprint density at radius 3 is 2.68 bits per heavy atom. The van der Waals surface area contributed by atoms with E-state index >= 15 is 0 Å². The number of nitrogens with zero attached hydrogens (tertiary/aromatic N) is 1. The van der Waals surface area contributed by atoms with Crippen LogP contribution in [0.2, 0.25) is 5.02 Å². The summed E-state index contributed by atoms with van der Waals surface area (Å²) in [6.07, 6.45) is -0.686. The van der Waals surface area contributed by atoms with Crippen molar-refractivity contribution in [1.29, 1.82) is 0 Å². The normalized spacial score (nSPS) is 22.4. The minimum absolute atomic E-state index is 0.199. The number of hydrogen-bond donors (Lipinski definition) is 1. The fourth-order valence-corrected chi connectivity index (χ4v) is 2.24. The van der Waals surface area contributed by atoms with Crippen molar-refractivity contribution in [2.45, 2.75) is 25.5 Å². The standard InChI is InChI=1S/C13H14ClNO4/c1-13(6-11(16)17)8-15(12(18)19-13)7-9-2-4-10(14)5-3-9/h2-5H,6-8H2,1H3,(H,16,17). The maximum Gasteiger partial charge on any atom is 0.410 e. The lowest BCUT2D eigenvalue weighted by molar-refractivity contribution is -0.140. The summed E-state index contributed by atoms with van der Waals surface area (Å²) in [5.41, 5.74) is -0.0454. The Hall–Kier alpha value is -1.75. The summed E-state index contributed by atoms with van der Waals surface area (Å²) < 4.78 is 5.15. The Balaban J connectivity index is 2.04. The number of carboxylic acid groups (broad SMARTS) is 1. The first-order valence-electron chi connectivity index (χ1n) is 5.82. The van der Waals surface area contributed by atoms with E-state index in [0.717, 1.165) is 5.56 Å². The molecule has 1 fully saturated rings. The smallest absolute Gasteiger partial charge is 0.410 e. The van der Waals surface area contributed by atoms with E-state index in [9.17, 15) is 9.59 Å². The highest BCUT2D eigenvalue weighted by molar-refractivity contribution is 6.30. The Kier molecular flexibility index (Phi) is 3.66. The van der Waals surface area contributed by atoms with Gasteiger partial charge in [-0.05, 0) is 24.6 Å². The molecule has 0 aromatic heterocycles. The van der Waals surface area contributed by atoms with Crippen molar-refractivity contribution in [2.75, 3.05) is 6.54 Å². The van der Waals surface area contributed by atoms with Crippen LogP contribution in [0.5, 0.6) is 0 Å². The summed E-state index contributed by atoms with van der Waals surface area (Å²) in [6, 6.07) is 7.13. The van der Waals surface area contributed by atoms with E-state index in [-0.39, 0.29) is 13.0 Å². The average molecular weight is 284 g/mol. The van der Waals surface area contributed by atoms with Gasteiger partial charge in [0.2, 0.25) is 0 Å². The SMILES string of the molecule is CC1(CC(=O)O)CN(Cc2ccc(Cl)cc2)C(=O)O1. The molecule has 1 aromatic rings. The molecule has 5 nitrogen and oxygen atoms in total. The molecule has 1 amide bonds. The maximum absolute atomic E-state index is 11.7. The van der Waals surface area contributed by atoms with Crippen molar-refractivity contribution < 1.29 is 19.4 Å². The lowest BCUT2D eigenvalue weighted by atomic mass is 10.0. The Morgan fingerprint density at radius 1 is 1.47 bits per heavy atom. The van der Waals surface area contributed by atoms with Crippen LogP contribution in [0.1, 0.15) is 18.9 Å². The molecule has 0 radical (unpaired) electrons. The van der Waals surface area contributed by atoms with E-state index in [0.29, 0.717) is 11.6 Å². The number of carboxylic acids is 1. The molecule has 19 heavy (non-hydrogen) atoms. The molecule has 6 heteroatoms. The molecule has 1 atom stereocenters. The minimum Gasteiger partial charge on any atom is -0.481 e. The van der Waals surface area contributed by atoms with Gasteiger partial charge >= 0.3 is 12.1 Å². The van der Waals surface area contributed by atoms with Crippen LogP contribution >= 0.6 is 11.6 Å². The molecule has 1 saturated heterocycles. The molecule has 0 saturated carbocycles. The van der Waals surface area contributed by atoms with E-state index in [1.807, 2.05) is 12.1 Å². The highest BCUT2D eigenvalue weighted by Gasteiger charge is 2.42. The Morgan fingerprint density at radius 2 is 2.11 bits per heavy atom. The van der Waals surface area contributed by atoms with Crippen molar-refractivity contribution in [1.82, 2.24) is 4.90 Å². The van der Waals surface area contributed by atoms with Crippen LogP contribution in [-0.4, -0.2) is 34.2 Å². The molecule has 1 heterocycles. The first-order chi connectivity index (χ1) is 8.88. The summed E-state index contributed by atoms with van der Waals surface area (Å²) in [5, 5.41) is 9.44. The summed E-state index contributed by atoms with van der Waals surface area (Å²) in [6.45, 7) is 2.27. The third-order valence-corrected chi connectivity index (χ3v) is 3.18. The van der Waals surface area contributed by atoms with Crippen molar-refractivity contribution in [3.8, 4) is 0 Å². The Bertz CT molecular complexity index is 502. The zero-order valence-electron chi connectivity index (χ0n) is 10.4. The van der Waals surface area contributed by atoms with Crippen LogP contribution in [0.4, 0.5) is 4.79 Å². The van der Waals surface area contributed by atoms with E-state index in [1.54, 1.807) is 19.1 Å². The van der Waals surface area contributed by atoms with E-state index in [1.165, 1.54) is 4.90 Å². The van der Waals surface area contributed by atoms with E-state index < -0.39 is 17.7 Å². The van der Waals surface area contributed by atoms with Gasteiger partial charge in [0.15, 0.2) is 0 Å². The van der Waals surface area contributed by atoms with Gasteiger partial charge < -0.3 is 9.84 Å². The van der Waals surface area contributed by atoms with Crippen molar-refractivity contribution in [3.05, 3.63) is 34.9 Å². The average Bonchev–Trinajstić information content (AvgIpc) is 2.55. The molecule has 1 aliphatic rings. The van der Waals surface area contributed by atoms with Gasteiger partial charge in [0.25, 0.3) is 0 Å². The Labute approximate surface area is 115 Å². The first kappa shape index (κ1) is 13.7. The van der Waals surface area contributed by atoms with Crippen LogP contribution in [0.25, 0.3) is 0 Å². The van der Waals surface area contributed by atoms with E-state index in [2.05, 4.69) is 0 Å². The number of rotatable bonds is 4. The van der Waals surface area contributed by atoms with Gasteiger partial charge in [-0.2, -0.15) is 0 Å². The van der Waals surface area contributed by atoms with Gasteiger partial charge in [0.05, 0.1) is 13.0 Å². The number of benzene rings is 1. The number of amides is 1. The molecule has 1 aromatic carbocycles. The molecular weight excluding hydrogens is 270 g/mol. The quantitative estimate of drug-likeness (QED) is 0.922. The number of hydrogen-bond acceptors (Lipinski definition) is 3. The number of ether oxygens (including phenoxy) is 1. The van der Waals surface area contributed by atoms with Gasteiger partial charge in [-0.3, -0.25) is 9.69 Å². The predicted octanol–water partition coefficient (Wildman–Crippen LogP) is 2.53. The van der Waals surface area contributed by atoms with Crippen LogP contribution in [-0.2, 0) is 16.1 Å². The summed E-state index contributed by atoms with van der Waals surface area (Å²) >= 11 is 5.79. The lowest BCUT2D eigenvalue weighted by Crippen LogP contribution is -2.33.